The van der Waals surface area contributed by atoms with Crippen molar-refractivity contribution in [3.05, 3.63) is 53.9 Å². The molecule has 1 fully saturated rings. The van der Waals surface area contributed by atoms with Gasteiger partial charge >= 0.3 is 0 Å². The first-order chi connectivity index (χ1) is 16.7. The standard InChI is InChI=1S/C21H25N3O2S/c25-14-16-26-15-13-23-9-11-24(12-10-23)21-17-5-1-3-7-19(17)27-20-8-4-2-6-18(20)22-21/h1-8,25H,9-16H2/i1D,2D,3D,4D,5D,6D,7D,8D. The van der Waals surface area contributed by atoms with Gasteiger partial charge in [0.05, 0.1) is 36.5 Å². The van der Waals surface area contributed by atoms with Crippen molar-refractivity contribution >= 4 is 23.3 Å². The van der Waals surface area contributed by atoms with Crippen molar-refractivity contribution in [1.82, 2.24) is 9.80 Å². The van der Waals surface area contributed by atoms with E-state index in [0.717, 1.165) is 11.8 Å². The van der Waals surface area contributed by atoms with Gasteiger partial charge in [-0.05, 0) is 18.1 Å². The minimum absolute atomic E-state index is 0.0300. The van der Waals surface area contributed by atoms with Crippen LogP contribution in [-0.4, -0.2) is 73.3 Å². The molecule has 6 heteroatoms. The quantitative estimate of drug-likeness (QED) is 0.795. The molecule has 0 saturated carbocycles. The smallest absolute Gasteiger partial charge is 0.137 e. The third kappa shape index (κ3) is 4.35. The van der Waals surface area contributed by atoms with Crippen LogP contribution in [0.2, 0.25) is 0 Å². The van der Waals surface area contributed by atoms with Crippen molar-refractivity contribution in [2.45, 2.75) is 9.79 Å². The number of aliphatic hydroxyl groups excluding tert-OH is 1. The van der Waals surface area contributed by atoms with Crippen molar-refractivity contribution in [2.24, 2.45) is 4.99 Å². The van der Waals surface area contributed by atoms with Gasteiger partial charge in [0.25, 0.3) is 0 Å². The first kappa shape index (κ1) is 11.2. The summed E-state index contributed by atoms with van der Waals surface area (Å²) in [5.41, 5.74) is 0.234. The average Bonchev–Trinajstić information content (AvgIpc) is 3.04. The molecule has 0 atom stereocenters. The Morgan fingerprint density at radius 2 is 1.74 bits per heavy atom. The molecule has 5 nitrogen and oxygen atoms in total. The van der Waals surface area contributed by atoms with Crippen LogP contribution in [0.1, 0.15) is 16.5 Å². The normalized spacial score (nSPS) is 21.2. The van der Waals surface area contributed by atoms with E-state index in [4.69, 9.17) is 20.8 Å². The number of rotatable bonds is 5. The molecular formula is C21H25N3O2S. The van der Waals surface area contributed by atoms with Gasteiger partial charge in [0, 0.05) is 48.1 Å². The Labute approximate surface area is 175 Å². The van der Waals surface area contributed by atoms with Crippen molar-refractivity contribution in [2.75, 3.05) is 52.5 Å². The summed E-state index contributed by atoms with van der Waals surface area (Å²) in [7, 11) is 0. The second kappa shape index (κ2) is 8.89. The maximum atomic E-state index is 8.84. The maximum absolute atomic E-state index is 8.84. The van der Waals surface area contributed by atoms with Crippen LogP contribution in [0.5, 0.6) is 0 Å². The third-order valence-corrected chi connectivity index (χ3v) is 5.40. The van der Waals surface area contributed by atoms with Crippen LogP contribution >= 0.6 is 11.8 Å². The first-order valence-corrected chi connectivity index (χ1v) is 9.62. The molecule has 0 radical (unpaired) electrons. The van der Waals surface area contributed by atoms with E-state index in [1.165, 1.54) is 0 Å². The van der Waals surface area contributed by atoms with E-state index in [9.17, 15) is 0 Å². The average molecular weight is 392 g/mol. The van der Waals surface area contributed by atoms with Crippen LogP contribution in [0.15, 0.2) is 63.1 Å². The largest absolute Gasteiger partial charge is 0.394 e. The zero-order chi connectivity index (χ0) is 25.4. The highest BCUT2D eigenvalue weighted by Gasteiger charge is 2.24. The lowest BCUT2D eigenvalue weighted by Crippen LogP contribution is -2.49. The van der Waals surface area contributed by atoms with Crippen molar-refractivity contribution < 1.29 is 20.8 Å². The van der Waals surface area contributed by atoms with Crippen LogP contribution in [0, 0.1) is 0 Å². The molecule has 2 heterocycles. The molecular weight excluding hydrogens is 358 g/mol. The topological polar surface area (TPSA) is 48.3 Å². The van der Waals surface area contributed by atoms with E-state index in [1.54, 1.807) is 0 Å². The highest BCUT2D eigenvalue weighted by atomic mass is 32.2. The van der Waals surface area contributed by atoms with Crippen LogP contribution < -0.4 is 0 Å². The number of aliphatic hydroxyl groups is 1. The minimum Gasteiger partial charge on any atom is -0.394 e. The summed E-state index contributed by atoms with van der Waals surface area (Å²) >= 11 is 0.904. The number of aliphatic imine (C=N–C) groups is 1. The fraction of sp³-hybridized carbons (Fsp3) is 0.381. The van der Waals surface area contributed by atoms with Gasteiger partial charge in [-0.2, -0.15) is 0 Å². The minimum atomic E-state index is -0.421. The molecule has 2 aliphatic rings. The lowest BCUT2D eigenvalue weighted by molar-refractivity contribution is 0.0652. The summed E-state index contributed by atoms with van der Waals surface area (Å²) in [6.07, 6.45) is 0. The number of benzene rings is 2. The lowest BCUT2D eigenvalue weighted by Gasteiger charge is -2.36. The van der Waals surface area contributed by atoms with Gasteiger partial charge in [-0.1, -0.05) is 42.0 Å². The second-order valence-corrected chi connectivity index (χ2v) is 7.10. The molecule has 0 unspecified atom stereocenters. The molecule has 0 amide bonds. The maximum Gasteiger partial charge on any atom is 0.137 e. The molecule has 0 bridgehead atoms. The zero-order valence-corrected chi connectivity index (χ0v) is 15.6. The van der Waals surface area contributed by atoms with E-state index >= 15 is 0 Å². The predicted molar refractivity (Wildman–Crippen MR) is 109 cm³/mol. The lowest BCUT2D eigenvalue weighted by atomic mass is 10.1. The number of nitrogens with zero attached hydrogens (tertiary/aromatic N) is 3. The number of piperazine rings is 1. The van der Waals surface area contributed by atoms with Crippen LogP contribution in [0.4, 0.5) is 5.69 Å². The highest BCUT2D eigenvalue weighted by molar-refractivity contribution is 7.99. The monoisotopic (exact) mass is 391 g/mol. The van der Waals surface area contributed by atoms with Gasteiger partial charge in [-0.25, -0.2) is 4.99 Å². The summed E-state index contributed by atoms with van der Waals surface area (Å²) in [6.45, 7) is 3.73. The molecule has 2 aromatic carbocycles. The Morgan fingerprint density at radius 3 is 2.56 bits per heavy atom. The Hall–Kier alpha value is -1.86. The number of fused-ring (bicyclic) bond motifs is 2. The van der Waals surface area contributed by atoms with Gasteiger partial charge in [-0.3, -0.25) is 4.90 Å². The second-order valence-electron chi connectivity index (χ2n) is 6.08. The van der Waals surface area contributed by atoms with E-state index in [-0.39, 0.29) is 64.3 Å². The number of amidine groups is 1. The molecule has 1 N–H and O–H groups in total. The summed E-state index contributed by atoms with van der Waals surface area (Å²) < 4.78 is 71.7. The van der Waals surface area contributed by atoms with Crippen molar-refractivity contribution in [1.29, 1.82) is 0 Å². The molecule has 1 saturated heterocycles. The summed E-state index contributed by atoms with van der Waals surface area (Å²) in [5, 5.41) is 8.84. The van der Waals surface area contributed by atoms with Gasteiger partial charge in [-0.15, -0.1) is 0 Å². The fourth-order valence-corrected chi connectivity index (χ4v) is 3.86. The Morgan fingerprint density at radius 1 is 1.00 bits per heavy atom. The Balaban J connectivity index is 1.79. The molecule has 2 aromatic rings. The Bertz CT molecular complexity index is 1190. The molecule has 27 heavy (non-hydrogen) atoms. The molecule has 142 valence electrons. The first-order valence-electron chi connectivity index (χ1n) is 12.8. The predicted octanol–water partition coefficient (Wildman–Crippen LogP) is 2.86. The van der Waals surface area contributed by atoms with Gasteiger partial charge in [0.1, 0.15) is 5.84 Å². The van der Waals surface area contributed by atoms with E-state index in [0.29, 0.717) is 39.3 Å². The number of para-hydroxylation sites is 1. The molecule has 0 aromatic heterocycles. The van der Waals surface area contributed by atoms with Gasteiger partial charge in [0.15, 0.2) is 0 Å². The molecule has 0 spiro atoms. The van der Waals surface area contributed by atoms with E-state index in [2.05, 4.69) is 9.89 Å². The van der Waals surface area contributed by atoms with Crippen molar-refractivity contribution in [3.63, 3.8) is 0 Å². The van der Waals surface area contributed by atoms with E-state index < -0.39 is 24.2 Å². The fourth-order valence-electron chi connectivity index (χ4n) is 3.02. The van der Waals surface area contributed by atoms with Gasteiger partial charge < -0.3 is 14.7 Å². The van der Waals surface area contributed by atoms with Gasteiger partial charge in [0.2, 0.25) is 0 Å². The number of hydrogen-bond acceptors (Lipinski definition) is 6. The third-order valence-electron chi connectivity index (χ3n) is 4.39. The number of ether oxygens (including phenoxy) is 1. The molecule has 2 aliphatic heterocycles. The Kier molecular flexibility index (Phi) is 3.69. The summed E-state index contributed by atoms with van der Waals surface area (Å²) in [6, 6.07) is -2.76. The molecule has 4 rings (SSSR count). The summed E-state index contributed by atoms with van der Waals surface area (Å²) in [5.74, 6) is 0.277. The zero-order valence-electron chi connectivity index (χ0n) is 22.8. The van der Waals surface area contributed by atoms with Crippen LogP contribution in [0.25, 0.3) is 0 Å². The molecule has 0 aliphatic carbocycles. The van der Waals surface area contributed by atoms with Crippen molar-refractivity contribution in [3.8, 4) is 0 Å². The van der Waals surface area contributed by atoms with Crippen LogP contribution in [-0.2, 0) is 4.74 Å². The summed E-state index contributed by atoms with van der Waals surface area (Å²) in [4.78, 5) is 9.06. The number of hydrogen-bond donors (Lipinski definition) is 1. The highest BCUT2D eigenvalue weighted by Crippen LogP contribution is 2.40. The van der Waals surface area contributed by atoms with E-state index in [1.807, 2.05) is 4.90 Å². The van der Waals surface area contributed by atoms with Crippen LogP contribution in [0.3, 0.4) is 0 Å². The SMILES string of the molecule is [2H]c1c([2H])c([2H])c2c(c1[2H])N=C(N1CCN(CCOCCO)CC1)c1c([2H])c([2H])c([2H])c([2H])c1S2.